The van der Waals surface area contributed by atoms with E-state index in [1.165, 1.54) is 7.11 Å². The molecular formula is C12H21N3O2. The lowest BCUT2D eigenvalue weighted by Gasteiger charge is -2.35. The minimum absolute atomic E-state index is 0.371. The maximum absolute atomic E-state index is 11.5. The molecule has 0 unspecified atom stereocenters. The molecule has 0 aromatic heterocycles. The predicted octanol–water partition coefficient (Wildman–Crippen LogP) is 0.729. The van der Waals surface area contributed by atoms with Gasteiger partial charge in [-0.15, -0.1) is 0 Å². The number of nitrogens with zero attached hydrogens (tertiary/aromatic N) is 3. The minimum atomic E-state index is -0.390. The van der Waals surface area contributed by atoms with Gasteiger partial charge in [0.1, 0.15) is 11.5 Å². The summed E-state index contributed by atoms with van der Waals surface area (Å²) in [6.07, 6.45) is 0.992. The number of ether oxygens (including phenoxy) is 1. The average molecular weight is 239 g/mol. The molecule has 0 aromatic rings. The summed E-state index contributed by atoms with van der Waals surface area (Å²) in [4.78, 5) is 20.0. The zero-order valence-electron chi connectivity index (χ0n) is 10.9. The number of piperazine rings is 1. The van der Waals surface area contributed by atoms with E-state index in [9.17, 15) is 4.79 Å². The molecule has 1 fully saturated rings. The summed E-state index contributed by atoms with van der Waals surface area (Å²) in [6, 6.07) is 0. The third-order valence-electron chi connectivity index (χ3n) is 2.69. The van der Waals surface area contributed by atoms with Gasteiger partial charge in [0.25, 0.3) is 0 Å². The van der Waals surface area contributed by atoms with Crippen LogP contribution in [0.15, 0.2) is 17.3 Å². The van der Waals surface area contributed by atoms with Crippen LogP contribution in [0.25, 0.3) is 0 Å². The first-order valence-corrected chi connectivity index (χ1v) is 5.86. The van der Waals surface area contributed by atoms with Crippen LogP contribution in [0, 0.1) is 0 Å². The van der Waals surface area contributed by atoms with E-state index >= 15 is 0 Å². The quantitative estimate of drug-likeness (QED) is 0.536. The fourth-order valence-electron chi connectivity index (χ4n) is 1.70. The summed E-state index contributed by atoms with van der Waals surface area (Å²) < 4.78 is 4.70. The van der Waals surface area contributed by atoms with E-state index in [-0.39, 0.29) is 0 Å². The third kappa shape index (κ3) is 3.56. The van der Waals surface area contributed by atoms with Gasteiger partial charge in [0, 0.05) is 19.6 Å². The van der Waals surface area contributed by atoms with Gasteiger partial charge in [0.15, 0.2) is 0 Å². The van der Waals surface area contributed by atoms with Crippen LogP contribution in [0.3, 0.4) is 0 Å². The Hall–Kier alpha value is -1.36. The number of likely N-dealkylation sites (N-methyl/N-ethyl adjacent to an activating group) is 1. The highest BCUT2D eigenvalue weighted by molar-refractivity contribution is 5.96. The summed E-state index contributed by atoms with van der Waals surface area (Å²) in [7, 11) is 3.41. The molecule has 0 amide bonds. The van der Waals surface area contributed by atoms with Gasteiger partial charge in [-0.3, -0.25) is 9.89 Å². The van der Waals surface area contributed by atoms with Crippen molar-refractivity contribution in [3.8, 4) is 0 Å². The molecule has 0 spiro atoms. The monoisotopic (exact) mass is 239 g/mol. The molecule has 17 heavy (non-hydrogen) atoms. The summed E-state index contributed by atoms with van der Waals surface area (Å²) in [6.45, 7) is 9.00. The molecule has 5 heteroatoms. The van der Waals surface area contributed by atoms with Gasteiger partial charge in [-0.1, -0.05) is 13.5 Å². The molecule has 0 atom stereocenters. The Bertz CT molecular complexity index is 326. The first kappa shape index (κ1) is 13.7. The number of carbonyl (C=O) groups excluding carboxylic acids is 1. The summed E-state index contributed by atoms with van der Waals surface area (Å²) in [5, 5.41) is 0. The standard InChI is InChI=1S/C12H21N3O2/c1-5-6-13-11-9-14(3)7-8-15(11)10(2)12(16)17-4/h2,5-9H2,1,3-4H3. The molecule has 0 bridgehead atoms. The highest BCUT2D eigenvalue weighted by Crippen LogP contribution is 2.11. The molecule has 1 aliphatic heterocycles. The van der Waals surface area contributed by atoms with Gasteiger partial charge in [0.05, 0.1) is 13.7 Å². The number of esters is 1. The van der Waals surface area contributed by atoms with Crippen molar-refractivity contribution >= 4 is 11.8 Å². The second kappa shape index (κ2) is 6.39. The summed E-state index contributed by atoms with van der Waals surface area (Å²) >= 11 is 0. The Kier molecular flexibility index (Phi) is 5.15. The van der Waals surface area contributed by atoms with Crippen molar-refractivity contribution in [1.82, 2.24) is 9.80 Å². The number of rotatable bonds is 4. The molecule has 1 rings (SSSR count). The van der Waals surface area contributed by atoms with Gasteiger partial charge in [0.2, 0.25) is 0 Å². The number of hydrogen-bond acceptors (Lipinski definition) is 4. The van der Waals surface area contributed by atoms with Gasteiger partial charge in [-0.2, -0.15) is 0 Å². The van der Waals surface area contributed by atoms with Crippen LogP contribution in [-0.2, 0) is 9.53 Å². The molecule has 1 saturated heterocycles. The third-order valence-corrected chi connectivity index (χ3v) is 2.69. The first-order chi connectivity index (χ1) is 8.10. The molecule has 0 aromatic carbocycles. The molecule has 1 heterocycles. The van der Waals surface area contributed by atoms with Gasteiger partial charge in [-0.25, -0.2) is 4.79 Å². The molecule has 0 N–H and O–H groups in total. The van der Waals surface area contributed by atoms with E-state index in [2.05, 4.69) is 23.4 Å². The van der Waals surface area contributed by atoms with E-state index in [4.69, 9.17) is 4.74 Å². The second-order valence-corrected chi connectivity index (χ2v) is 4.13. The normalized spacial score (nSPS) is 19.5. The summed E-state index contributed by atoms with van der Waals surface area (Å²) in [5.74, 6) is 0.509. The minimum Gasteiger partial charge on any atom is -0.464 e. The molecule has 0 saturated carbocycles. The molecule has 0 aliphatic carbocycles. The van der Waals surface area contributed by atoms with Crippen LogP contribution in [0.1, 0.15) is 13.3 Å². The number of amidine groups is 1. The fraction of sp³-hybridized carbons (Fsp3) is 0.667. The molecule has 1 aliphatic rings. The number of aliphatic imine (C=N–C) groups is 1. The lowest BCUT2D eigenvalue weighted by atomic mass is 10.2. The molecule has 0 radical (unpaired) electrons. The fourth-order valence-corrected chi connectivity index (χ4v) is 1.70. The Morgan fingerprint density at radius 3 is 2.82 bits per heavy atom. The van der Waals surface area contributed by atoms with E-state index in [1.807, 2.05) is 11.9 Å². The average Bonchev–Trinajstić information content (AvgIpc) is 2.34. The van der Waals surface area contributed by atoms with Crippen LogP contribution >= 0.6 is 0 Å². The van der Waals surface area contributed by atoms with E-state index in [1.54, 1.807) is 0 Å². The van der Waals surface area contributed by atoms with E-state index < -0.39 is 5.97 Å². The predicted molar refractivity (Wildman–Crippen MR) is 68.0 cm³/mol. The smallest absolute Gasteiger partial charge is 0.354 e. The van der Waals surface area contributed by atoms with Crippen molar-refractivity contribution in [3.63, 3.8) is 0 Å². The molecular weight excluding hydrogens is 218 g/mol. The van der Waals surface area contributed by atoms with Crippen molar-refractivity contribution in [2.45, 2.75) is 13.3 Å². The molecule has 96 valence electrons. The van der Waals surface area contributed by atoms with Crippen LogP contribution in [0.5, 0.6) is 0 Å². The Balaban J connectivity index is 2.80. The van der Waals surface area contributed by atoms with Gasteiger partial charge in [-0.05, 0) is 13.5 Å². The Morgan fingerprint density at radius 2 is 2.24 bits per heavy atom. The van der Waals surface area contributed by atoms with Crippen molar-refractivity contribution in [2.24, 2.45) is 4.99 Å². The van der Waals surface area contributed by atoms with Crippen LogP contribution < -0.4 is 0 Å². The van der Waals surface area contributed by atoms with E-state index in [0.29, 0.717) is 5.70 Å². The zero-order valence-corrected chi connectivity index (χ0v) is 10.9. The number of methoxy groups -OCH3 is 1. The topological polar surface area (TPSA) is 45.1 Å². The van der Waals surface area contributed by atoms with Crippen molar-refractivity contribution in [1.29, 1.82) is 0 Å². The number of hydrogen-bond donors (Lipinski definition) is 0. The van der Waals surface area contributed by atoms with Crippen molar-refractivity contribution < 1.29 is 9.53 Å². The van der Waals surface area contributed by atoms with Crippen LogP contribution in [0.4, 0.5) is 0 Å². The SMILES string of the molecule is C=C(C(=O)OC)N1CCN(C)CC1=NCCC. The van der Waals surface area contributed by atoms with Crippen LogP contribution in [0.2, 0.25) is 0 Å². The maximum Gasteiger partial charge on any atom is 0.354 e. The highest BCUT2D eigenvalue weighted by Gasteiger charge is 2.25. The summed E-state index contributed by atoms with van der Waals surface area (Å²) in [5.41, 5.74) is 0.371. The Morgan fingerprint density at radius 1 is 1.53 bits per heavy atom. The zero-order chi connectivity index (χ0) is 12.8. The second-order valence-electron chi connectivity index (χ2n) is 4.13. The van der Waals surface area contributed by atoms with E-state index in [0.717, 1.165) is 38.4 Å². The van der Waals surface area contributed by atoms with Crippen LogP contribution in [-0.4, -0.2) is 61.9 Å². The highest BCUT2D eigenvalue weighted by atomic mass is 16.5. The van der Waals surface area contributed by atoms with Gasteiger partial charge >= 0.3 is 5.97 Å². The Labute approximate surface area is 103 Å². The lowest BCUT2D eigenvalue weighted by Crippen LogP contribution is -2.49. The van der Waals surface area contributed by atoms with Gasteiger partial charge < -0.3 is 9.64 Å². The first-order valence-electron chi connectivity index (χ1n) is 5.86. The van der Waals surface area contributed by atoms with Crippen molar-refractivity contribution in [3.05, 3.63) is 12.3 Å². The largest absolute Gasteiger partial charge is 0.464 e. The maximum atomic E-state index is 11.5. The number of carbonyl (C=O) groups is 1. The lowest BCUT2D eigenvalue weighted by molar-refractivity contribution is -0.137. The van der Waals surface area contributed by atoms with Crippen molar-refractivity contribution in [2.75, 3.05) is 40.3 Å². The molecule has 5 nitrogen and oxygen atoms in total.